The molecule has 1 aliphatic rings. The molecule has 1 heterocycles. The van der Waals surface area contributed by atoms with Gasteiger partial charge in [0.05, 0.1) is 30.1 Å². The summed E-state index contributed by atoms with van der Waals surface area (Å²) in [6.07, 6.45) is 1.16. The number of aliphatic hydroxyl groups is 3. The second-order valence-electron chi connectivity index (χ2n) is 5.70. The van der Waals surface area contributed by atoms with E-state index in [2.05, 4.69) is 4.90 Å². The molecule has 0 unspecified atom stereocenters. The quantitative estimate of drug-likeness (QED) is 0.329. The molecule has 9 heteroatoms. The van der Waals surface area contributed by atoms with Crippen LogP contribution in [0.25, 0.3) is 0 Å². The topological polar surface area (TPSA) is 120 Å². The summed E-state index contributed by atoms with van der Waals surface area (Å²) in [5, 5.41) is 38.9. The van der Waals surface area contributed by atoms with Crippen molar-refractivity contribution in [2.45, 2.75) is 18.9 Å². The van der Waals surface area contributed by atoms with Crippen LogP contribution in [0.4, 0.5) is 11.4 Å². The molecule has 1 fully saturated rings. The molecule has 0 saturated carbocycles. The SMILES string of the molecule is O=[N+]([O-])c1ccc(N2CCCC2)c(OC[C@@H](O)CN(CO)CO)c1. The smallest absolute Gasteiger partial charge is 0.273 e. The summed E-state index contributed by atoms with van der Waals surface area (Å²) in [5.41, 5.74) is 0.696. The Morgan fingerprint density at radius 2 is 1.96 bits per heavy atom. The molecule has 1 atom stereocenters. The van der Waals surface area contributed by atoms with Gasteiger partial charge in [-0.3, -0.25) is 15.0 Å². The first kappa shape index (κ1) is 18.4. The predicted molar refractivity (Wildman–Crippen MR) is 86.9 cm³/mol. The summed E-state index contributed by atoms with van der Waals surface area (Å²) in [4.78, 5) is 13.8. The van der Waals surface area contributed by atoms with Gasteiger partial charge in [0.15, 0.2) is 0 Å². The second-order valence-corrected chi connectivity index (χ2v) is 5.70. The first-order chi connectivity index (χ1) is 11.5. The third-order valence-corrected chi connectivity index (χ3v) is 3.90. The fraction of sp³-hybridized carbons (Fsp3) is 0.600. The molecule has 0 radical (unpaired) electrons. The molecule has 0 bridgehead atoms. The number of aliphatic hydroxyl groups excluding tert-OH is 3. The molecular weight excluding hydrogens is 318 g/mol. The van der Waals surface area contributed by atoms with Gasteiger partial charge in [0.25, 0.3) is 5.69 Å². The van der Waals surface area contributed by atoms with Gasteiger partial charge in [-0.25, -0.2) is 0 Å². The molecule has 24 heavy (non-hydrogen) atoms. The van der Waals surface area contributed by atoms with E-state index < -0.39 is 11.0 Å². The maximum absolute atomic E-state index is 11.0. The number of ether oxygens (including phenoxy) is 1. The van der Waals surface area contributed by atoms with Gasteiger partial charge < -0.3 is 25.0 Å². The highest BCUT2D eigenvalue weighted by Gasteiger charge is 2.20. The van der Waals surface area contributed by atoms with Crippen LogP contribution in [-0.2, 0) is 0 Å². The van der Waals surface area contributed by atoms with E-state index in [1.807, 2.05) is 0 Å². The van der Waals surface area contributed by atoms with Crippen LogP contribution in [0.1, 0.15) is 12.8 Å². The Morgan fingerprint density at radius 1 is 1.29 bits per heavy atom. The molecule has 0 aromatic heterocycles. The van der Waals surface area contributed by atoms with Gasteiger partial charge >= 0.3 is 0 Å². The van der Waals surface area contributed by atoms with Crippen molar-refractivity contribution in [1.29, 1.82) is 0 Å². The molecule has 0 amide bonds. The third-order valence-electron chi connectivity index (χ3n) is 3.90. The van der Waals surface area contributed by atoms with Gasteiger partial charge in [-0.15, -0.1) is 0 Å². The zero-order valence-corrected chi connectivity index (χ0v) is 13.4. The number of nitrogens with zero attached hydrogens (tertiary/aromatic N) is 3. The number of rotatable bonds is 9. The summed E-state index contributed by atoms with van der Waals surface area (Å²) < 4.78 is 5.61. The van der Waals surface area contributed by atoms with Crippen LogP contribution in [0, 0.1) is 10.1 Å². The van der Waals surface area contributed by atoms with E-state index in [4.69, 9.17) is 14.9 Å². The van der Waals surface area contributed by atoms with Gasteiger partial charge in [-0.2, -0.15) is 0 Å². The van der Waals surface area contributed by atoms with Crippen molar-refractivity contribution in [3.63, 3.8) is 0 Å². The molecule has 0 aliphatic carbocycles. The van der Waals surface area contributed by atoms with E-state index in [0.717, 1.165) is 31.6 Å². The molecule has 3 N–H and O–H groups in total. The van der Waals surface area contributed by atoms with Crippen molar-refractivity contribution in [2.75, 3.05) is 44.6 Å². The number of nitro benzene ring substituents is 1. The molecule has 2 rings (SSSR count). The van der Waals surface area contributed by atoms with Crippen LogP contribution in [0.3, 0.4) is 0 Å². The monoisotopic (exact) mass is 341 g/mol. The molecular formula is C15H23N3O6. The Bertz CT molecular complexity index is 546. The van der Waals surface area contributed by atoms with Crippen molar-refractivity contribution in [2.24, 2.45) is 0 Å². The van der Waals surface area contributed by atoms with Crippen LogP contribution in [-0.4, -0.2) is 70.9 Å². The Labute approximate surface area is 139 Å². The van der Waals surface area contributed by atoms with E-state index in [1.54, 1.807) is 6.07 Å². The van der Waals surface area contributed by atoms with Crippen LogP contribution in [0.2, 0.25) is 0 Å². The van der Waals surface area contributed by atoms with E-state index in [1.165, 1.54) is 17.0 Å². The van der Waals surface area contributed by atoms with Crippen LogP contribution >= 0.6 is 0 Å². The first-order valence-corrected chi connectivity index (χ1v) is 7.83. The minimum atomic E-state index is -0.949. The number of nitro groups is 1. The van der Waals surface area contributed by atoms with E-state index in [0.29, 0.717) is 5.75 Å². The van der Waals surface area contributed by atoms with Crippen molar-refractivity contribution >= 4 is 11.4 Å². The molecule has 134 valence electrons. The number of hydrogen-bond donors (Lipinski definition) is 3. The van der Waals surface area contributed by atoms with E-state index >= 15 is 0 Å². The third kappa shape index (κ3) is 4.78. The summed E-state index contributed by atoms with van der Waals surface area (Å²) in [7, 11) is 0. The first-order valence-electron chi connectivity index (χ1n) is 7.83. The second kappa shape index (κ2) is 8.78. The zero-order chi connectivity index (χ0) is 17.5. The highest BCUT2D eigenvalue weighted by atomic mass is 16.6. The molecule has 0 spiro atoms. The van der Waals surface area contributed by atoms with Gasteiger partial charge in [-0.1, -0.05) is 0 Å². The maximum Gasteiger partial charge on any atom is 0.273 e. The molecule has 1 saturated heterocycles. The molecule has 1 aromatic rings. The summed E-state index contributed by atoms with van der Waals surface area (Å²) >= 11 is 0. The lowest BCUT2D eigenvalue weighted by Gasteiger charge is -2.23. The largest absolute Gasteiger partial charge is 0.488 e. The standard InChI is InChI=1S/C15H23N3O6/c19-10-16(11-20)8-13(21)9-24-15-7-12(18(22)23)3-4-14(15)17-5-1-2-6-17/h3-4,7,13,19-21H,1-2,5-6,8-11H2/t13-/m0/s1. The fourth-order valence-corrected chi connectivity index (χ4v) is 2.65. The van der Waals surface area contributed by atoms with Crippen molar-refractivity contribution in [3.05, 3.63) is 28.3 Å². The Hall–Kier alpha value is -1.94. The van der Waals surface area contributed by atoms with Gasteiger partial charge in [0, 0.05) is 25.7 Å². The number of non-ortho nitro benzene ring substituents is 1. The van der Waals surface area contributed by atoms with Gasteiger partial charge in [0.1, 0.15) is 18.5 Å². The van der Waals surface area contributed by atoms with E-state index in [9.17, 15) is 15.2 Å². The minimum absolute atomic E-state index is 0.0287. The Kier molecular flexibility index (Phi) is 6.73. The highest BCUT2D eigenvalue weighted by molar-refractivity contribution is 5.62. The molecule has 1 aliphatic heterocycles. The van der Waals surface area contributed by atoms with Crippen molar-refractivity contribution in [1.82, 2.24) is 4.90 Å². The normalized spacial score (nSPS) is 15.8. The lowest BCUT2D eigenvalue weighted by atomic mass is 10.2. The van der Waals surface area contributed by atoms with Gasteiger partial charge in [0.2, 0.25) is 0 Å². The van der Waals surface area contributed by atoms with Crippen LogP contribution in [0.15, 0.2) is 18.2 Å². The minimum Gasteiger partial charge on any atom is -0.488 e. The Balaban J connectivity index is 2.08. The van der Waals surface area contributed by atoms with Crippen molar-refractivity contribution < 1.29 is 25.0 Å². The summed E-state index contributed by atoms with van der Waals surface area (Å²) in [6, 6.07) is 4.46. The Morgan fingerprint density at radius 3 is 2.54 bits per heavy atom. The van der Waals surface area contributed by atoms with Gasteiger partial charge in [-0.05, 0) is 18.9 Å². The average Bonchev–Trinajstić information content (AvgIpc) is 3.11. The maximum atomic E-state index is 11.0. The number of benzene rings is 1. The zero-order valence-electron chi connectivity index (χ0n) is 13.4. The lowest BCUT2D eigenvalue weighted by molar-refractivity contribution is -0.384. The van der Waals surface area contributed by atoms with E-state index in [-0.39, 0.29) is 32.3 Å². The van der Waals surface area contributed by atoms with Crippen molar-refractivity contribution in [3.8, 4) is 5.75 Å². The highest BCUT2D eigenvalue weighted by Crippen LogP contribution is 2.34. The molecule has 9 nitrogen and oxygen atoms in total. The fourth-order valence-electron chi connectivity index (χ4n) is 2.65. The lowest BCUT2D eigenvalue weighted by Crippen LogP contribution is -2.36. The number of anilines is 1. The average molecular weight is 341 g/mol. The number of hydrogen-bond acceptors (Lipinski definition) is 8. The molecule has 1 aromatic carbocycles. The summed E-state index contributed by atoms with van der Waals surface area (Å²) in [6.45, 7) is 0.880. The predicted octanol–water partition coefficient (Wildman–Crippen LogP) is 0.136. The summed E-state index contributed by atoms with van der Waals surface area (Å²) in [5.74, 6) is 0.352. The van der Waals surface area contributed by atoms with Crippen LogP contribution in [0.5, 0.6) is 5.75 Å². The van der Waals surface area contributed by atoms with Crippen LogP contribution < -0.4 is 9.64 Å².